The minimum Gasteiger partial charge on any atom is -0.278 e. The first-order valence-electron chi connectivity index (χ1n) is 10.0. The Balaban J connectivity index is 1.41. The number of aromatic nitrogens is 3. The van der Waals surface area contributed by atoms with E-state index in [1.54, 1.807) is 17.8 Å². The van der Waals surface area contributed by atoms with Gasteiger partial charge < -0.3 is 0 Å². The highest BCUT2D eigenvalue weighted by Gasteiger charge is 2.42. The quantitative estimate of drug-likeness (QED) is 0.520. The highest BCUT2D eigenvalue weighted by atomic mass is 35.5. The summed E-state index contributed by atoms with van der Waals surface area (Å²) >= 11 is 16.0. The molecule has 3 aliphatic rings. The van der Waals surface area contributed by atoms with E-state index >= 15 is 0 Å². The van der Waals surface area contributed by atoms with Crippen LogP contribution < -0.4 is 15.8 Å². The molecule has 1 aromatic carbocycles. The fraction of sp³-hybridized carbons (Fsp3) is 0.400. The van der Waals surface area contributed by atoms with E-state index in [0.29, 0.717) is 15.8 Å². The fourth-order valence-corrected chi connectivity index (χ4v) is 7.60. The standard InChI is InChI=1S/C20H20Cl2N6S2/c1-10-2-5-13-15(6-10)30-18-16(13)17-23-9-24-28(17)19-25-26-20(27(18)19)29-8-11-3-4-12(21)7-14(11)22/h3-4,7,10,17,23-24H,2,5-6,8-9H2,1H3/t10-,17?/m1/s1. The highest BCUT2D eigenvalue weighted by molar-refractivity contribution is 7.98. The van der Waals surface area contributed by atoms with Crippen LogP contribution in [0.5, 0.6) is 0 Å². The maximum atomic E-state index is 6.38. The maximum Gasteiger partial charge on any atom is 0.249 e. The summed E-state index contributed by atoms with van der Waals surface area (Å²) in [6, 6.07) is 5.64. The molecular formula is C20H20Cl2N6S2. The van der Waals surface area contributed by atoms with Gasteiger partial charge in [0.1, 0.15) is 11.2 Å². The van der Waals surface area contributed by atoms with E-state index in [9.17, 15) is 0 Å². The molecule has 30 heavy (non-hydrogen) atoms. The molecule has 1 aliphatic carbocycles. The molecule has 1 fully saturated rings. The number of halogens is 2. The molecule has 1 saturated heterocycles. The van der Waals surface area contributed by atoms with E-state index in [2.05, 4.69) is 37.4 Å². The van der Waals surface area contributed by atoms with Crippen LogP contribution in [0, 0.1) is 5.92 Å². The summed E-state index contributed by atoms with van der Waals surface area (Å²) in [7, 11) is 0. The van der Waals surface area contributed by atoms with E-state index in [1.807, 2.05) is 23.5 Å². The predicted molar refractivity (Wildman–Crippen MR) is 123 cm³/mol. The number of hydrogen-bond acceptors (Lipinski definition) is 7. The van der Waals surface area contributed by atoms with E-state index < -0.39 is 0 Å². The van der Waals surface area contributed by atoms with Crippen LogP contribution in [-0.4, -0.2) is 21.4 Å². The van der Waals surface area contributed by atoms with Gasteiger partial charge in [0, 0.05) is 26.2 Å². The van der Waals surface area contributed by atoms with Crippen molar-refractivity contribution in [2.24, 2.45) is 5.92 Å². The van der Waals surface area contributed by atoms with Crippen molar-refractivity contribution in [2.45, 2.75) is 43.3 Å². The van der Waals surface area contributed by atoms with Crippen LogP contribution in [0.25, 0.3) is 5.00 Å². The van der Waals surface area contributed by atoms with Gasteiger partial charge in [-0.05, 0) is 48.4 Å². The van der Waals surface area contributed by atoms with E-state index in [4.69, 9.17) is 23.2 Å². The van der Waals surface area contributed by atoms with E-state index in [1.165, 1.54) is 27.4 Å². The molecule has 6 nitrogen and oxygen atoms in total. The maximum absolute atomic E-state index is 6.38. The zero-order valence-corrected chi connectivity index (χ0v) is 19.4. The van der Waals surface area contributed by atoms with Gasteiger partial charge in [0.25, 0.3) is 0 Å². The van der Waals surface area contributed by atoms with E-state index in [-0.39, 0.29) is 6.17 Å². The molecule has 0 bridgehead atoms. The molecule has 2 aromatic heterocycles. The number of nitrogens with zero attached hydrogens (tertiary/aromatic N) is 4. The van der Waals surface area contributed by atoms with Crippen molar-refractivity contribution in [2.75, 3.05) is 11.7 Å². The topological polar surface area (TPSA) is 58.0 Å². The second kappa shape index (κ2) is 7.39. The van der Waals surface area contributed by atoms with Gasteiger partial charge in [-0.25, -0.2) is 9.99 Å². The van der Waals surface area contributed by atoms with Crippen molar-refractivity contribution in [1.82, 2.24) is 25.5 Å². The summed E-state index contributed by atoms with van der Waals surface area (Å²) in [6.07, 6.45) is 3.68. The number of hydrazine groups is 1. The number of rotatable bonds is 3. The summed E-state index contributed by atoms with van der Waals surface area (Å²) in [5, 5.41) is 18.3. The Labute approximate surface area is 192 Å². The third-order valence-electron chi connectivity index (χ3n) is 6.02. The SMILES string of the molecule is C[C@@H]1CCc2c(sc3c2C2NCNN2c2nnc(SCc4ccc(Cl)cc4Cl)n2-3)C1. The second-order valence-corrected chi connectivity index (χ2v) is 10.9. The van der Waals surface area contributed by atoms with Crippen molar-refractivity contribution in [3.05, 3.63) is 49.8 Å². The monoisotopic (exact) mass is 478 g/mol. The zero-order valence-electron chi connectivity index (χ0n) is 16.3. The molecule has 0 radical (unpaired) electrons. The fourth-order valence-electron chi connectivity index (χ4n) is 4.51. The summed E-state index contributed by atoms with van der Waals surface area (Å²) in [6.45, 7) is 3.07. The summed E-state index contributed by atoms with van der Waals surface area (Å²) < 4.78 is 2.22. The Morgan fingerprint density at radius 2 is 2.20 bits per heavy atom. The van der Waals surface area contributed by atoms with Gasteiger partial charge in [-0.3, -0.25) is 10.3 Å². The largest absolute Gasteiger partial charge is 0.278 e. The molecule has 2 N–H and O–H groups in total. The number of nitrogens with one attached hydrogen (secondary N) is 2. The minimum absolute atomic E-state index is 0.119. The van der Waals surface area contributed by atoms with Crippen LogP contribution in [-0.2, 0) is 18.6 Å². The number of fused-ring (bicyclic) bond motifs is 8. The first-order chi connectivity index (χ1) is 14.6. The zero-order chi connectivity index (χ0) is 20.4. The van der Waals surface area contributed by atoms with Crippen molar-refractivity contribution in [3.63, 3.8) is 0 Å². The second-order valence-electron chi connectivity index (χ2n) is 8.02. The Kier molecular flexibility index (Phi) is 4.78. The Morgan fingerprint density at radius 3 is 3.07 bits per heavy atom. The first-order valence-corrected chi connectivity index (χ1v) is 12.6. The molecule has 156 valence electrons. The van der Waals surface area contributed by atoms with Crippen LogP contribution in [0.4, 0.5) is 5.95 Å². The third kappa shape index (κ3) is 3.00. The lowest BCUT2D eigenvalue weighted by Gasteiger charge is -2.31. The molecular weight excluding hydrogens is 459 g/mol. The molecule has 2 atom stereocenters. The summed E-state index contributed by atoms with van der Waals surface area (Å²) in [4.78, 5) is 1.52. The van der Waals surface area contributed by atoms with Gasteiger partial charge in [0.05, 0.1) is 6.67 Å². The third-order valence-corrected chi connectivity index (χ3v) is 8.84. The molecule has 0 saturated carbocycles. The van der Waals surface area contributed by atoms with Crippen LogP contribution >= 0.6 is 46.3 Å². The molecule has 6 rings (SSSR count). The van der Waals surface area contributed by atoms with Crippen molar-refractivity contribution in [3.8, 4) is 5.00 Å². The Hall–Kier alpha value is -1.29. The lowest BCUT2D eigenvalue weighted by molar-refractivity contribution is 0.499. The molecule has 1 unspecified atom stereocenters. The molecule has 0 spiro atoms. The Bertz CT molecular complexity index is 1140. The normalized spacial score (nSPS) is 21.9. The van der Waals surface area contributed by atoms with Gasteiger partial charge in [0.2, 0.25) is 5.95 Å². The van der Waals surface area contributed by atoms with Crippen molar-refractivity contribution in [1.29, 1.82) is 0 Å². The highest BCUT2D eigenvalue weighted by Crippen LogP contribution is 2.48. The van der Waals surface area contributed by atoms with Crippen LogP contribution in [0.15, 0.2) is 23.4 Å². The molecule has 10 heteroatoms. The average molecular weight is 479 g/mol. The Morgan fingerprint density at radius 1 is 1.30 bits per heavy atom. The van der Waals surface area contributed by atoms with Crippen LogP contribution in [0.1, 0.15) is 41.1 Å². The van der Waals surface area contributed by atoms with Gasteiger partial charge >= 0.3 is 0 Å². The summed E-state index contributed by atoms with van der Waals surface area (Å²) in [5.74, 6) is 2.29. The van der Waals surface area contributed by atoms with Crippen molar-refractivity contribution < 1.29 is 0 Å². The van der Waals surface area contributed by atoms with Crippen molar-refractivity contribution >= 4 is 52.2 Å². The first kappa shape index (κ1) is 19.4. The van der Waals surface area contributed by atoms with Gasteiger partial charge in [-0.15, -0.1) is 21.5 Å². The lowest BCUT2D eigenvalue weighted by atomic mass is 9.87. The van der Waals surface area contributed by atoms with Crippen LogP contribution in [0.3, 0.4) is 0 Å². The summed E-state index contributed by atoms with van der Waals surface area (Å²) in [5.41, 5.74) is 7.38. The van der Waals surface area contributed by atoms with Gasteiger partial charge in [0.15, 0.2) is 5.16 Å². The predicted octanol–water partition coefficient (Wildman–Crippen LogP) is 4.94. The molecule has 0 amide bonds. The molecule has 2 aliphatic heterocycles. The van der Waals surface area contributed by atoms with E-state index in [0.717, 1.165) is 42.1 Å². The number of thioether (sulfide) groups is 1. The smallest absolute Gasteiger partial charge is 0.249 e. The lowest BCUT2D eigenvalue weighted by Crippen LogP contribution is -2.39. The minimum atomic E-state index is 0.119. The van der Waals surface area contributed by atoms with Crippen LogP contribution in [0.2, 0.25) is 10.0 Å². The molecule has 3 aromatic rings. The number of thiophene rings is 1. The number of hydrogen-bond donors (Lipinski definition) is 2. The average Bonchev–Trinajstić information content (AvgIpc) is 3.42. The van der Waals surface area contributed by atoms with Gasteiger partial charge in [-0.1, -0.05) is 48.0 Å². The number of benzene rings is 1. The number of anilines is 1. The molecule has 4 heterocycles. The van der Waals surface area contributed by atoms with Gasteiger partial charge in [-0.2, -0.15) is 0 Å².